The maximum Gasteiger partial charge on any atom is 0.326 e. The molecule has 166 valence electrons. The SMILES string of the molecule is NC(=O)NS(=O)(=O)c1ccc(NC(=O)CCN2C(=O)C(=Cc3ccccc3)SC2=S)cc1. The Hall–Kier alpha value is -3.22. The number of hydrogen-bond donors (Lipinski definition) is 3. The Balaban J connectivity index is 1.57. The first-order chi connectivity index (χ1) is 15.2. The fourth-order valence-corrected chi connectivity index (χ4v) is 4.92. The number of rotatable bonds is 7. The van der Waals surface area contributed by atoms with E-state index in [2.05, 4.69) is 5.32 Å². The monoisotopic (exact) mass is 490 g/mol. The standard InChI is InChI=1S/C20H18N4O5S3/c21-19(27)23-32(28,29)15-8-6-14(7-9-15)22-17(25)10-11-24-18(26)16(31-20(24)30)12-13-4-2-1-3-5-13/h1-9,12H,10-11H2,(H,22,25)(H3,21,23,27). The molecule has 32 heavy (non-hydrogen) atoms. The second kappa shape index (κ2) is 9.94. The molecule has 0 atom stereocenters. The molecule has 2 aromatic rings. The molecule has 4 amide bonds. The maximum absolute atomic E-state index is 12.6. The first-order valence-corrected chi connectivity index (χ1v) is 11.9. The van der Waals surface area contributed by atoms with Crippen molar-refractivity contribution in [2.45, 2.75) is 11.3 Å². The molecule has 0 unspecified atom stereocenters. The van der Waals surface area contributed by atoms with Gasteiger partial charge in [0.25, 0.3) is 15.9 Å². The van der Waals surface area contributed by atoms with E-state index in [1.165, 1.54) is 40.9 Å². The Morgan fingerprint density at radius 3 is 2.38 bits per heavy atom. The molecule has 0 bridgehead atoms. The summed E-state index contributed by atoms with van der Waals surface area (Å²) in [7, 11) is -4.07. The fourth-order valence-electron chi connectivity index (χ4n) is 2.74. The number of nitrogens with one attached hydrogen (secondary N) is 2. The zero-order chi connectivity index (χ0) is 23.3. The third-order valence-electron chi connectivity index (χ3n) is 4.22. The van der Waals surface area contributed by atoms with E-state index in [4.69, 9.17) is 18.0 Å². The normalized spacial score (nSPS) is 15.1. The summed E-state index contributed by atoms with van der Waals surface area (Å²) in [6.07, 6.45) is 1.75. The lowest BCUT2D eigenvalue weighted by atomic mass is 10.2. The van der Waals surface area contributed by atoms with Gasteiger partial charge in [-0.25, -0.2) is 17.9 Å². The van der Waals surface area contributed by atoms with Gasteiger partial charge < -0.3 is 11.1 Å². The molecule has 4 N–H and O–H groups in total. The van der Waals surface area contributed by atoms with Gasteiger partial charge in [0.2, 0.25) is 5.91 Å². The van der Waals surface area contributed by atoms with Crippen molar-refractivity contribution in [2.24, 2.45) is 5.73 Å². The first kappa shape index (κ1) is 23.4. The van der Waals surface area contributed by atoms with Crippen LogP contribution in [-0.4, -0.2) is 42.0 Å². The van der Waals surface area contributed by atoms with E-state index in [0.717, 1.165) is 5.56 Å². The number of urea groups is 1. The van der Waals surface area contributed by atoms with Crippen LogP contribution in [0.25, 0.3) is 6.08 Å². The quantitative estimate of drug-likeness (QED) is 0.400. The summed E-state index contributed by atoms with van der Waals surface area (Å²) < 4.78 is 25.8. The van der Waals surface area contributed by atoms with Gasteiger partial charge in [-0.2, -0.15) is 0 Å². The molecular formula is C20H18N4O5S3. The van der Waals surface area contributed by atoms with E-state index in [9.17, 15) is 22.8 Å². The Labute approximate surface area is 194 Å². The predicted octanol–water partition coefficient (Wildman–Crippen LogP) is 2.27. The van der Waals surface area contributed by atoms with Crippen molar-refractivity contribution in [2.75, 3.05) is 11.9 Å². The molecule has 12 heteroatoms. The molecule has 0 saturated carbocycles. The van der Waals surface area contributed by atoms with E-state index < -0.39 is 16.1 Å². The molecule has 1 saturated heterocycles. The Kier molecular flexibility index (Phi) is 7.28. The molecular weight excluding hydrogens is 472 g/mol. The lowest BCUT2D eigenvalue weighted by molar-refractivity contribution is -0.122. The molecule has 1 heterocycles. The minimum Gasteiger partial charge on any atom is -0.351 e. The average molecular weight is 491 g/mol. The summed E-state index contributed by atoms with van der Waals surface area (Å²) in [5, 5.41) is 2.62. The summed E-state index contributed by atoms with van der Waals surface area (Å²) in [5.41, 5.74) is 6.06. The van der Waals surface area contributed by atoms with Crippen LogP contribution in [0, 0.1) is 0 Å². The van der Waals surface area contributed by atoms with Gasteiger partial charge in [-0.1, -0.05) is 54.3 Å². The number of hydrogen-bond acceptors (Lipinski definition) is 7. The predicted molar refractivity (Wildman–Crippen MR) is 126 cm³/mol. The second-order valence-electron chi connectivity index (χ2n) is 6.54. The summed E-state index contributed by atoms with van der Waals surface area (Å²) in [4.78, 5) is 37.4. The number of carbonyl (C=O) groups excluding carboxylic acids is 3. The third-order valence-corrected chi connectivity index (χ3v) is 6.96. The van der Waals surface area contributed by atoms with E-state index in [1.807, 2.05) is 30.3 Å². The molecule has 0 aromatic heterocycles. The highest BCUT2D eigenvalue weighted by Crippen LogP contribution is 2.32. The summed E-state index contributed by atoms with van der Waals surface area (Å²) in [5.74, 6) is -0.634. The van der Waals surface area contributed by atoms with Crippen molar-refractivity contribution in [1.29, 1.82) is 0 Å². The van der Waals surface area contributed by atoms with E-state index >= 15 is 0 Å². The molecule has 0 radical (unpaired) electrons. The van der Waals surface area contributed by atoms with Crippen molar-refractivity contribution in [1.82, 2.24) is 9.62 Å². The van der Waals surface area contributed by atoms with E-state index in [-0.39, 0.29) is 29.7 Å². The van der Waals surface area contributed by atoms with Gasteiger partial charge in [0, 0.05) is 18.7 Å². The smallest absolute Gasteiger partial charge is 0.326 e. The number of benzene rings is 2. The summed E-state index contributed by atoms with van der Waals surface area (Å²) >= 11 is 6.45. The van der Waals surface area contributed by atoms with Crippen molar-refractivity contribution in [3.63, 3.8) is 0 Å². The molecule has 1 aliphatic heterocycles. The summed E-state index contributed by atoms with van der Waals surface area (Å²) in [6.45, 7) is 0.109. The maximum atomic E-state index is 12.6. The largest absolute Gasteiger partial charge is 0.351 e. The first-order valence-electron chi connectivity index (χ1n) is 9.18. The molecule has 0 spiro atoms. The van der Waals surface area contributed by atoms with Crippen LogP contribution in [0.3, 0.4) is 0 Å². The Bertz CT molecular complexity index is 1200. The van der Waals surface area contributed by atoms with Crippen molar-refractivity contribution >= 4 is 67.9 Å². The van der Waals surface area contributed by atoms with Gasteiger partial charge in [0.15, 0.2) is 0 Å². The van der Waals surface area contributed by atoms with Crippen LogP contribution >= 0.6 is 24.0 Å². The van der Waals surface area contributed by atoms with Gasteiger partial charge in [0.05, 0.1) is 9.80 Å². The molecule has 2 aromatic carbocycles. The summed E-state index contributed by atoms with van der Waals surface area (Å²) in [6, 6.07) is 13.4. The van der Waals surface area contributed by atoms with Gasteiger partial charge in [-0.05, 0) is 35.9 Å². The second-order valence-corrected chi connectivity index (χ2v) is 9.89. The van der Waals surface area contributed by atoms with Crippen LogP contribution in [0.4, 0.5) is 10.5 Å². The molecule has 9 nitrogen and oxygen atoms in total. The van der Waals surface area contributed by atoms with Crippen molar-refractivity contribution < 1.29 is 22.8 Å². The molecule has 3 rings (SSSR count). The lowest BCUT2D eigenvalue weighted by Crippen LogP contribution is -2.34. The molecule has 0 aliphatic carbocycles. The van der Waals surface area contributed by atoms with Crippen LogP contribution in [0.5, 0.6) is 0 Å². The van der Waals surface area contributed by atoms with Crippen molar-refractivity contribution in [3.8, 4) is 0 Å². The lowest BCUT2D eigenvalue weighted by Gasteiger charge is -2.14. The van der Waals surface area contributed by atoms with Crippen LogP contribution in [0.15, 0.2) is 64.4 Å². The average Bonchev–Trinajstić information content (AvgIpc) is 2.99. The van der Waals surface area contributed by atoms with Crippen molar-refractivity contribution in [3.05, 3.63) is 65.1 Å². The van der Waals surface area contributed by atoms with Gasteiger partial charge in [-0.15, -0.1) is 0 Å². The number of primary amides is 1. The zero-order valence-electron chi connectivity index (χ0n) is 16.5. The minimum atomic E-state index is -4.07. The highest BCUT2D eigenvalue weighted by atomic mass is 32.2. The van der Waals surface area contributed by atoms with Crippen LogP contribution in [-0.2, 0) is 19.6 Å². The topological polar surface area (TPSA) is 139 Å². The highest BCUT2D eigenvalue weighted by Gasteiger charge is 2.32. The number of thiocarbonyl (C=S) groups is 1. The number of sulfonamides is 1. The highest BCUT2D eigenvalue weighted by molar-refractivity contribution is 8.26. The van der Waals surface area contributed by atoms with Crippen LogP contribution < -0.4 is 15.8 Å². The Morgan fingerprint density at radius 2 is 1.75 bits per heavy atom. The third kappa shape index (κ3) is 5.93. The number of thioether (sulfide) groups is 1. The molecule has 1 aliphatic rings. The number of carbonyl (C=O) groups is 3. The van der Waals surface area contributed by atoms with Crippen LogP contribution in [0.2, 0.25) is 0 Å². The van der Waals surface area contributed by atoms with Gasteiger partial charge in [0.1, 0.15) is 4.32 Å². The van der Waals surface area contributed by atoms with Gasteiger partial charge >= 0.3 is 6.03 Å². The minimum absolute atomic E-state index is 0.00562. The zero-order valence-corrected chi connectivity index (χ0v) is 18.9. The van der Waals surface area contributed by atoms with E-state index in [0.29, 0.717) is 14.9 Å². The number of amides is 4. The van der Waals surface area contributed by atoms with E-state index in [1.54, 1.807) is 10.8 Å². The molecule has 1 fully saturated rings. The van der Waals surface area contributed by atoms with Gasteiger partial charge in [-0.3, -0.25) is 14.5 Å². The number of nitrogens with zero attached hydrogens (tertiary/aromatic N) is 1. The number of anilines is 1. The van der Waals surface area contributed by atoms with Crippen LogP contribution in [0.1, 0.15) is 12.0 Å². The fraction of sp³-hybridized carbons (Fsp3) is 0.100. The Morgan fingerprint density at radius 1 is 1.09 bits per heavy atom. The number of nitrogens with two attached hydrogens (primary N) is 1.